The zero-order valence-corrected chi connectivity index (χ0v) is 18.8. The van der Waals surface area contributed by atoms with Gasteiger partial charge >= 0.3 is 0 Å². The third kappa shape index (κ3) is 5.23. The highest BCUT2D eigenvalue weighted by Crippen LogP contribution is 2.30. The summed E-state index contributed by atoms with van der Waals surface area (Å²) in [5, 5.41) is 4.60. The summed E-state index contributed by atoms with van der Waals surface area (Å²) >= 11 is 0. The van der Waals surface area contributed by atoms with Gasteiger partial charge < -0.3 is 24.3 Å². The van der Waals surface area contributed by atoms with Crippen molar-refractivity contribution in [1.82, 2.24) is 10.4 Å². The Morgan fingerprint density at radius 3 is 2.12 bits per heavy atom. The van der Waals surface area contributed by atoms with Crippen LogP contribution in [0.25, 0.3) is 0 Å². The lowest BCUT2D eigenvalue weighted by Gasteiger charge is -2.34. The van der Waals surface area contributed by atoms with E-state index >= 15 is 0 Å². The molecular formula is C23H29N3O6. The number of benzene rings is 2. The second kappa shape index (κ2) is 10.7. The van der Waals surface area contributed by atoms with Crippen LogP contribution in [0.3, 0.4) is 0 Å². The predicted molar refractivity (Wildman–Crippen MR) is 120 cm³/mol. The molecule has 2 aromatic carbocycles. The molecule has 1 unspecified atom stereocenters. The molecule has 1 fully saturated rings. The highest BCUT2D eigenvalue weighted by atomic mass is 16.5. The van der Waals surface area contributed by atoms with Crippen molar-refractivity contribution in [2.75, 3.05) is 40.3 Å². The van der Waals surface area contributed by atoms with Gasteiger partial charge in [-0.3, -0.25) is 15.0 Å². The van der Waals surface area contributed by atoms with Crippen LogP contribution in [0.2, 0.25) is 0 Å². The first-order valence-electron chi connectivity index (χ1n) is 10.3. The molecule has 1 atom stereocenters. The van der Waals surface area contributed by atoms with Crippen molar-refractivity contribution in [1.29, 1.82) is 0 Å². The number of hydrazine groups is 1. The largest absolute Gasteiger partial charge is 0.493 e. The summed E-state index contributed by atoms with van der Waals surface area (Å²) in [7, 11) is 6.14. The summed E-state index contributed by atoms with van der Waals surface area (Å²) < 4.78 is 21.0. The Balaban J connectivity index is 1.71. The molecule has 2 aromatic rings. The number of hydrogen-bond donors (Lipinski definition) is 2. The van der Waals surface area contributed by atoms with E-state index in [4.69, 9.17) is 18.9 Å². The van der Waals surface area contributed by atoms with Gasteiger partial charge in [-0.05, 0) is 49.6 Å². The van der Waals surface area contributed by atoms with Crippen molar-refractivity contribution >= 4 is 17.5 Å². The quantitative estimate of drug-likeness (QED) is 0.647. The standard InChI is InChI=1S/C23H29N3O6/c1-29-18-10-8-15(13-20(18)31-3)22(27)25-26-12-6-5-7-17(26)23(28)24-16-9-11-19(30-2)21(14-16)32-4/h8-11,13-14,17H,5-7,12H2,1-4H3,(H,24,28)(H,25,27). The third-order valence-electron chi connectivity index (χ3n) is 5.35. The van der Waals surface area contributed by atoms with Crippen LogP contribution < -0.4 is 29.7 Å². The van der Waals surface area contributed by atoms with Crippen LogP contribution in [0, 0.1) is 0 Å². The number of ether oxygens (including phenoxy) is 4. The first kappa shape index (κ1) is 23.2. The Bertz CT molecular complexity index is 965. The van der Waals surface area contributed by atoms with Gasteiger partial charge in [0, 0.05) is 23.9 Å². The number of anilines is 1. The van der Waals surface area contributed by atoms with Gasteiger partial charge in [-0.25, -0.2) is 5.01 Å². The van der Waals surface area contributed by atoms with E-state index in [-0.39, 0.29) is 11.8 Å². The van der Waals surface area contributed by atoms with Gasteiger partial charge in [0.15, 0.2) is 23.0 Å². The lowest BCUT2D eigenvalue weighted by atomic mass is 10.0. The lowest BCUT2D eigenvalue weighted by molar-refractivity contribution is -0.123. The normalized spacial score (nSPS) is 16.1. The Morgan fingerprint density at radius 2 is 1.47 bits per heavy atom. The second-order valence-corrected chi connectivity index (χ2v) is 7.27. The number of hydrogen-bond acceptors (Lipinski definition) is 7. The SMILES string of the molecule is COc1ccc(NC(=O)C2CCCCN2NC(=O)c2ccc(OC)c(OC)c2)cc1OC. The van der Waals surface area contributed by atoms with Crippen molar-refractivity contribution < 1.29 is 28.5 Å². The molecule has 1 saturated heterocycles. The molecule has 1 heterocycles. The van der Waals surface area contributed by atoms with Gasteiger partial charge in [0.2, 0.25) is 5.91 Å². The van der Waals surface area contributed by atoms with Gasteiger partial charge in [-0.15, -0.1) is 0 Å². The number of piperidine rings is 1. The maximum atomic E-state index is 13.0. The maximum absolute atomic E-state index is 13.0. The number of amides is 2. The molecule has 0 aromatic heterocycles. The average Bonchev–Trinajstić information content (AvgIpc) is 2.83. The summed E-state index contributed by atoms with van der Waals surface area (Å²) in [5.41, 5.74) is 3.87. The van der Waals surface area contributed by atoms with Crippen LogP contribution in [0.5, 0.6) is 23.0 Å². The molecule has 32 heavy (non-hydrogen) atoms. The van der Waals surface area contributed by atoms with E-state index in [0.29, 0.717) is 47.2 Å². The summed E-state index contributed by atoms with van der Waals surface area (Å²) in [6, 6.07) is 9.61. The number of nitrogens with zero attached hydrogens (tertiary/aromatic N) is 1. The molecule has 0 saturated carbocycles. The minimum Gasteiger partial charge on any atom is -0.493 e. The van der Waals surface area contributed by atoms with Crippen LogP contribution in [-0.2, 0) is 4.79 Å². The van der Waals surface area contributed by atoms with Crippen LogP contribution in [0.4, 0.5) is 5.69 Å². The molecule has 0 radical (unpaired) electrons. The molecule has 9 heteroatoms. The van der Waals surface area contributed by atoms with E-state index in [9.17, 15) is 9.59 Å². The second-order valence-electron chi connectivity index (χ2n) is 7.27. The van der Waals surface area contributed by atoms with Gasteiger partial charge in [-0.2, -0.15) is 0 Å². The number of carbonyl (C=O) groups excluding carboxylic acids is 2. The topological polar surface area (TPSA) is 98.4 Å². The summed E-state index contributed by atoms with van der Waals surface area (Å²) in [6.07, 6.45) is 2.41. The average molecular weight is 444 g/mol. The first-order valence-corrected chi connectivity index (χ1v) is 10.3. The highest BCUT2D eigenvalue weighted by molar-refractivity contribution is 5.97. The zero-order chi connectivity index (χ0) is 23.1. The molecule has 2 N–H and O–H groups in total. The van der Waals surface area contributed by atoms with Crippen molar-refractivity contribution in [2.45, 2.75) is 25.3 Å². The van der Waals surface area contributed by atoms with Gasteiger partial charge in [0.1, 0.15) is 6.04 Å². The Labute approximate surface area is 187 Å². The van der Waals surface area contributed by atoms with E-state index < -0.39 is 6.04 Å². The minimum absolute atomic E-state index is 0.204. The fourth-order valence-corrected chi connectivity index (χ4v) is 3.65. The molecule has 172 valence electrons. The molecule has 9 nitrogen and oxygen atoms in total. The number of methoxy groups -OCH3 is 4. The smallest absolute Gasteiger partial charge is 0.265 e. The van der Waals surface area contributed by atoms with Crippen LogP contribution in [0.15, 0.2) is 36.4 Å². The molecule has 3 rings (SSSR count). The minimum atomic E-state index is -0.499. The van der Waals surface area contributed by atoms with E-state index in [1.165, 1.54) is 21.3 Å². The first-order chi connectivity index (χ1) is 15.5. The molecule has 0 bridgehead atoms. The van der Waals surface area contributed by atoms with Crippen molar-refractivity contribution in [3.05, 3.63) is 42.0 Å². The molecule has 2 amide bonds. The van der Waals surface area contributed by atoms with Crippen LogP contribution in [-0.4, -0.2) is 57.8 Å². The van der Waals surface area contributed by atoms with Gasteiger partial charge in [0.05, 0.1) is 28.4 Å². The molecule has 0 spiro atoms. The monoisotopic (exact) mass is 443 g/mol. The lowest BCUT2D eigenvalue weighted by Crippen LogP contribution is -2.55. The number of nitrogens with one attached hydrogen (secondary N) is 2. The van der Waals surface area contributed by atoms with Gasteiger partial charge in [0.25, 0.3) is 5.91 Å². The van der Waals surface area contributed by atoms with Crippen molar-refractivity contribution in [2.24, 2.45) is 0 Å². The van der Waals surface area contributed by atoms with E-state index in [2.05, 4.69) is 10.7 Å². The van der Waals surface area contributed by atoms with Crippen molar-refractivity contribution in [3.8, 4) is 23.0 Å². The predicted octanol–water partition coefficient (Wildman–Crippen LogP) is 2.86. The highest BCUT2D eigenvalue weighted by Gasteiger charge is 2.30. The Kier molecular flexibility index (Phi) is 7.77. The Morgan fingerprint density at radius 1 is 0.844 bits per heavy atom. The van der Waals surface area contributed by atoms with Crippen LogP contribution in [0.1, 0.15) is 29.6 Å². The number of carbonyl (C=O) groups is 2. The summed E-state index contributed by atoms with van der Waals surface area (Å²) in [6.45, 7) is 0.572. The molecular weight excluding hydrogens is 414 g/mol. The van der Waals surface area contributed by atoms with Crippen molar-refractivity contribution in [3.63, 3.8) is 0 Å². The van der Waals surface area contributed by atoms with Crippen LogP contribution >= 0.6 is 0 Å². The van der Waals surface area contributed by atoms with Gasteiger partial charge in [-0.1, -0.05) is 0 Å². The Hall–Kier alpha value is -3.46. The number of rotatable bonds is 8. The maximum Gasteiger partial charge on any atom is 0.265 e. The fraction of sp³-hybridized carbons (Fsp3) is 0.391. The fourth-order valence-electron chi connectivity index (χ4n) is 3.65. The molecule has 1 aliphatic heterocycles. The third-order valence-corrected chi connectivity index (χ3v) is 5.35. The summed E-state index contributed by atoms with van der Waals surface area (Å²) in [5.74, 6) is 1.57. The molecule has 0 aliphatic carbocycles. The van der Waals surface area contributed by atoms with E-state index in [0.717, 1.165) is 12.8 Å². The molecule has 1 aliphatic rings. The van der Waals surface area contributed by atoms with E-state index in [1.54, 1.807) is 48.5 Å². The van der Waals surface area contributed by atoms with E-state index in [1.807, 2.05) is 0 Å². The summed E-state index contributed by atoms with van der Waals surface area (Å²) in [4.78, 5) is 25.9. The zero-order valence-electron chi connectivity index (χ0n) is 18.8.